The summed E-state index contributed by atoms with van der Waals surface area (Å²) in [5, 5.41) is 15.5. The molecule has 2 aromatic heterocycles. The lowest BCUT2D eigenvalue weighted by Crippen LogP contribution is -2.47. The molecule has 7 nitrogen and oxygen atoms in total. The number of rotatable bonds is 8. The number of aryl methyl sites for hydroxylation is 1. The van der Waals surface area contributed by atoms with Gasteiger partial charge in [-0.3, -0.25) is 14.5 Å². The summed E-state index contributed by atoms with van der Waals surface area (Å²) in [4.78, 5) is 29.3. The zero-order chi connectivity index (χ0) is 24.2. The standard InChI is InChI=1S/C27H29N5O2S/c1-2-19-11-13-22(14-12-19)32(25(33)17-31-24-10-6-5-9-23(24)29-30-31)26(20-15-16-35-18-20)27(34)28-21-7-3-4-8-21/h5-6,9-16,18,21,26H,2-4,7-8,17H2,1H3,(H,28,34)/t26-/m1/s1. The predicted molar refractivity (Wildman–Crippen MR) is 138 cm³/mol. The van der Waals surface area contributed by atoms with Gasteiger partial charge in [0.05, 0.1) is 5.52 Å². The third kappa shape index (κ3) is 4.98. The number of benzene rings is 2. The van der Waals surface area contributed by atoms with Gasteiger partial charge in [-0.1, -0.05) is 49.2 Å². The fourth-order valence-electron chi connectivity index (χ4n) is 4.77. The summed E-state index contributed by atoms with van der Waals surface area (Å²) < 4.78 is 1.60. The van der Waals surface area contributed by atoms with Gasteiger partial charge in [0.15, 0.2) is 0 Å². The highest BCUT2D eigenvalue weighted by molar-refractivity contribution is 7.08. The second kappa shape index (κ2) is 10.4. The molecule has 1 aliphatic rings. The Hall–Kier alpha value is -3.52. The highest BCUT2D eigenvalue weighted by Gasteiger charge is 2.35. The van der Waals surface area contributed by atoms with Crippen LogP contribution in [-0.2, 0) is 22.6 Å². The van der Waals surface area contributed by atoms with Crippen LogP contribution < -0.4 is 10.2 Å². The molecular formula is C27H29N5O2S. The first-order valence-electron chi connectivity index (χ1n) is 12.2. The van der Waals surface area contributed by atoms with E-state index in [1.807, 2.05) is 65.4 Å². The van der Waals surface area contributed by atoms with E-state index in [4.69, 9.17) is 0 Å². The van der Waals surface area contributed by atoms with Gasteiger partial charge in [-0.15, -0.1) is 5.10 Å². The number of nitrogens with one attached hydrogen (secondary N) is 1. The Balaban J connectivity index is 1.53. The van der Waals surface area contributed by atoms with Gasteiger partial charge in [0.2, 0.25) is 11.8 Å². The molecule has 1 fully saturated rings. The second-order valence-electron chi connectivity index (χ2n) is 8.97. The van der Waals surface area contributed by atoms with Crippen LogP contribution in [0.3, 0.4) is 0 Å². The van der Waals surface area contributed by atoms with E-state index in [0.717, 1.165) is 48.7 Å². The molecule has 1 N–H and O–H groups in total. The SMILES string of the molecule is CCc1ccc(N(C(=O)Cn2nnc3ccccc32)[C@@H](C(=O)NC2CCCC2)c2ccsc2)cc1. The van der Waals surface area contributed by atoms with Crippen molar-refractivity contribution in [2.75, 3.05) is 4.90 Å². The van der Waals surface area contributed by atoms with Crippen molar-refractivity contribution in [1.82, 2.24) is 20.3 Å². The van der Waals surface area contributed by atoms with E-state index in [1.54, 1.807) is 9.58 Å². The number of hydrogen-bond acceptors (Lipinski definition) is 5. The second-order valence-corrected chi connectivity index (χ2v) is 9.75. The number of amides is 2. The molecule has 180 valence electrons. The van der Waals surface area contributed by atoms with Gasteiger partial charge >= 0.3 is 0 Å². The number of hydrogen-bond donors (Lipinski definition) is 1. The molecule has 0 saturated heterocycles. The smallest absolute Gasteiger partial charge is 0.249 e. The molecule has 1 aliphatic carbocycles. The Morgan fingerprint density at radius 2 is 1.89 bits per heavy atom. The van der Waals surface area contributed by atoms with Gasteiger partial charge < -0.3 is 5.32 Å². The molecule has 2 amide bonds. The van der Waals surface area contributed by atoms with Gasteiger partial charge in [0.25, 0.3) is 0 Å². The molecule has 2 heterocycles. The molecule has 8 heteroatoms. The quantitative estimate of drug-likeness (QED) is 0.384. The van der Waals surface area contributed by atoms with E-state index in [2.05, 4.69) is 22.6 Å². The summed E-state index contributed by atoms with van der Waals surface area (Å²) in [7, 11) is 0. The van der Waals surface area contributed by atoms with Crippen molar-refractivity contribution in [2.45, 2.75) is 57.7 Å². The topological polar surface area (TPSA) is 80.1 Å². The minimum Gasteiger partial charge on any atom is -0.351 e. The number of fused-ring (bicyclic) bond motifs is 1. The lowest BCUT2D eigenvalue weighted by Gasteiger charge is -2.32. The molecule has 0 radical (unpaired) electrons. The summed E-state index contributed by atoms with van der Waals surface area (Å²) in [6.07, 6.45) is 5.09. The molecule has 4 aromatic rings. The van der Waals surface area contributed by atoms with Crippen LogP contribution in [-0.4, -0.2) is 32.9 Å². The van der Waals surface area contributed by atoms with E-state index < -0.39 is 6.04 Å². The van der Waals surface area contributed by atoms with E-state index in [-0.39, 0.29) is 24.4 Å². The Morgan fingerprint density at radius 3 is 2.60 bits per heavy atom. The summed E-state index contributed by atoms with van der Waals surface area (Å²) in [5.41, 5.74) is 4.18. The molecule has 35 heavy (non-hydrogen) atoms. The Bertz CT molecular complexity index is 1290. The monoisotopic (exact) mass is 487 g/mol. The number of thiophene rings is 1. The first-order chi connectivity index (χ1) is 17.1. The Morgan fingerprint density at radius 1 is 1.11 bits per heavy atom. The average Bonchev–Trinajstić information content (AvgIpc) is 3.66. The van der Waals surface area contributed by atoms with Crippen molar-refractivity contribution >= 4 is 39.9 Å². The maximum absolute atomic E-state index is 13.9. The number of carbonyl (C=O) groups is 2. The van der Waals surface area contributed by atoms with Crippen LogP contribution in [0.5, 0.6) is 0 Å². The highest BCUT2D eigenvalue weighted by atomic mass is 32.1. The van der Waals surface area contributed by atoms with Crippen molar-refractivity contribution in [3.63, 3.8) is 0 Å². The zero-order valence-electron chi connectivity index (χ0n) is 19.8. The summed E-state index contributed by atoms with van der Waals surface area (Å²) in [6.45, 7) is 2.07. The van der Waals surface area contributed by atoms with E-state index >= 15 is 0 Å². The van der Waals surface area contributed by atoms with E-state index in [1.165, 1.54) is 16.9 Å². The van der Waals surface area contributed by atoms with Gasteiger partial charge in [-0.25, -0.2) is 4.68 Å². The molecule has 5 rings (SSSR count). The molecule has 0 spiro atoms. The predicted octanol–water partition coefficient (Wildman–Crippen LogP) is 4.89. The van der Waals surface area contributed by atoms with Crippen LogP contribution in [0.1, 0.15) is 49.8 Å². The number of carbonyl (C=O) groups excluding carboxylic acids is 2. The molecule has 2 aromatic carbocycles. The van der Waals surface area contributed by atoms with Crippen molar-refractivity contribution < 1.29 is 9.59 Å². The first-order valence-corrected chi connectivity index (χ1v) is 13.1. The summed E-state index contributed by atoms with van der Waals surface area (Å²) in [6, 6.07) is 16.8. The Kier molecular flexibility index (Phi) is 6.90. The van der Waals surface area contributed by atoms with E-state index in [9.17, 15) is 9.59 Å². The maximum atomic E-state index is 13.9. The Labute approximate surface area is 208 Å². The molecule has 0 aliphatic heterocycles. The molecule has 1 atom stereocenters. The third-order valence-electron chi connectivity index (χ3n) is 6.66. The van der Waals surface area contributed by atoms with Crippen molar-refractivity contribution in [1.29, 1.82) is 0 Å². The lowest BCUT2D eigenvalue weighted by molar-refractivity contribution is -0.127. The van der Waals surface area contributed by atoms with Gasteiger partial charge in [0.1, 0.15) is 18.1 Å². The molecule has 0 unspecified atom stereocenters. The van der Waals surface area contributed by atoms with Crippen LogP contribution >= 0.6 is 11.3 Å². The molecule has 1 saturated carbocycles. The first kappa shape index (κ1) is 23.2. The number of aromatic nitrogens is 3. The van der Waals surface area contributed by atoms with Crippen LogP contribution in [0.15, 0.2) is 65.4 Å². The minimum atomic E-state index is -0.767. The van der Waals surface area contributed by atoms with Gasteiger partial charge in [-0.05, 0) is 71.5 Å². The van der Waals surface area contributed by atoms with Crippen LogP contribution in [0, 0.1) is 0 Å². The maximum Gasteiger partial charge on any atom is 0.249 e. The minimum absolute atomic E-state index is 0.0204. The largest absolute Gasteiger partial charge is 0.351 e. The van der Waals surface area contributed by atoms with Crippen LogP contribution in [0.4, 0.5) is 5.69 Å². The lowest BCUT2D eigenvalue weighted by atomic mass is 10.0. The van der Waals surface area contributed by atoms with Crippen molar-refractivity contribution in [3.8, 4) is 0 Å². The molecular weight excluding hydrogens is 458 g/mol. The zero-order valence-corrected chi connectivity index (χ0v) is 20.6. The summed E-state index contributed by atoms with van der Waals surface area (Å²) in [5.74, 6) is -0.366. The fraction of sp³-hybridized carbons (Fsp3) is 0.333. The number of nitrogens with zero attached hydrogens (tertiary/aromatic N) is 4. The van der Waals surface area contributed by atoms with Crippen LogP contribution in [0.25, 0.3) is 11.0 Å². The average molecular weight is 488 g/mol. The normalized spacial score (nSPS) is 14.8. The molecule has 0 bridgehead atoms. The third-order valence-corrected chi connectivity index (χ3v) is 7.37. The van der Waals surface area contributed by atoms with E-state index in [0.29, 0.717) is 5.69 Å². The van der Waals surface area contributed by atoms with Gasteiger partial charge in [-0.2, -0.15) is 11.3 Å². The summed E-state index contributed by atoms with van der Waals surface area (Å²) >= 11 is 1.52. The highest BCUT2D eigenvalue weighted by Crippen LogP contribution is 2.31. The van der Waals surface area contributed by atoms with Crippen molar-refractivity contribution in [2.24, 2.45) is 0 Å². The number of anilines is 1. The van der Waals surface area contributed by atoms with Gasteiger partial charge in [0, 0.05) is 11.7 Å². The van der Waals surface area contributed by atoms with Crippen molar-refractivity contribution in [3.05, 3.63) is 76.5 Å². The number of para-hydroxylation sites is 1. The van der Waals surface area contributed by atoms with Crippen LogP contribution in [0.2, 0.25) is 0 Å². The fourth-order valence-corrected chi connectivity index (χ4v) is 5.45.